The largest absolute Gasteiger partial charge is 0.238 e. The summed E-state index contributed by atoms with van der Waals surface area (Å²) >= 11 is 6.20. The van der Waals surface area contributed by atoms with E-state index in [1.807, 2.05) is 0 Å². The van der Waals surface area contributed by atoms with Crippen molar-refractivity contribution in [2.24, 2.45) is 11.1 Å². The molecular formula is C12H18ClNO2S. The van der Waals surface area contributed by atoms with E-state index in [0.717, 1.165) is 18.4 Å². The van der Waals surface area contributed by atoms with Gasteiger partial charge in [-0.25, -0.2) is 13.6 Å². The lowest BCUT2D eigenvalue weighted by Gasteiger charge is -2.12. The summed E-state index contributed by atoms with van der Waals surface area (Å²) in [6.45, 7) is 4.25. The van der Waals surface area contributed by atoms with E-state index in [1.54, 1.807) is 12.1 Å². The fourth-order valence-corrected chi connectivity index (χ4v) is 2.72. The van der Waals surface area contributed by atoms with Crippen LogP contribution in [0.15, 0.2) is 29.2 Å². The van der Waals surface area contributed by atoms with Gasteiger partial charge in [-0.3, -0.25) is 0 Å². The Bertz CT molecular complexity index is 454. The average Bonchev–Trinajstić information content (AvgIpc) is 2.15. The summed E-state index contributed by atoms with van der Waals surface area (Å²) in [6.07, 6.45) is 1.68. The first-order valence-corrected chi connectivity index (χ1v) is 7.53. The zero-order chi connectivity index (χ0) is 13.1. The quantitative estimate of drug-likeness (QED) is 0.840. The maximum atomic E-state index is 11.1. The fourth-order valence-electron chi connectivity index (χ4n) is 1.67. The van der Waals surface area contributed by atoms with Crippen LogP contribution in [0, 0.1) is 5.92 Å². The van der Waals surface area contributed by atoms with E-state index in [9.17, 15) is 8.42 Å². The van der Waals surface area contributed by atoms with E-state index in [2.05, 4.69) is 13.8 Å². The van der Waals surface area contributed by atoms with Crippen LogP contribution in [0.2, 0.25) is 0 Å². The van der Waals surface area contributed by atoms with Gasteiger partial charge < -0.3 is 0 Å². The summed E-state index contributed by atoms with van der Waals surface area (Å²) in [5.41, 5.74) is 1.03. The Morgan fingerprint density at radius 3 is 2.18 bits per heavy atom. The van der Waals surface area contributed by atoms with Crippen molar-refractivity contribution in [3.05, 3.63) is 29.8 Å². The zero-order valence-corrected chi connectivity index (χ0v) is 11.6. The second kappa shape index (κ2) is 5.85. The van der Waals surface area contributed by atoms with E-state index in [1.165, 1.54) is 12.1 Å². The number of hydrogen-bond acceptors (Lipinski definition) is 2. The van der Waals surface area contributed by atoms with Crippen molar-refractivity contribution in [2.75, 3.05) is 0 Å². The second-order valence-corrected chi connectivity index (χ2v) is 6.80. The molecule has 0 saturated carbocycles. The molecule has 0 aliphatic carbocycles. The van der Waals surface area contributed by atoms with Gasteiger partial charge in [0.2, 0.25) is 10.0 Å². The van der Waals surface area contributed by atoms with Crippen molar-refractivity contribution in [2.45, 2.75) is 37.0 Å². The molecule has 1 atom stereocenters. The molecule has 96 valence electrons. The molecule has 5 heteroatoms. The highest BCUT2D eigenvalue weighted by molar-refractivity contribution is 7.89. The van der Waals surface area contributed by atoms with Crippen molar-refractivity contribution in [3.8, 4) is 0 Å². The summed E-state index contributed by atoms with van der Waals surface area (Å²) in [4.78, 5) is 0.135. The van der Waals surface area contributed by atoms with Gasteiger partial charge in [0.1, 0.15) is 0 Å². The average molecular weight is 276 g/mol. The van der Waals surface area contributed by atoms with E-state index < -0.39 is 10.0 Å². The number of sulfonamides is 1. The van der Waals surface area contributed by atoms with Crippen LogP contribution in [-0.2, 0) is 16.4 Å². The molecule has 0 amide bonds. The van der Waals surface area contributed by atoms with Crippen LogP contribution in [0.3, 0.4) is 0 Å². The predicted octanol–water partition coefficient (Wildman–Crippen LogP) is 2.53. The van der Waals surface area contributed by atoms with Crippen molar-refractivity contribution in [1.29, 1.82) is 0 Å². The minimum atomic E-state index is -3.60. The van der Waals surface area contributed by atoms with Crippen LogP contribution < -0.4 is 5.14 Å². The maximum absolute atomic E-state index is 11.1. The lowest BCUT2D eigenvalue weighted by Crippen LogP contribution is -2.12. The van der Waals surface area contributed by atoms with Crippen LogP contribution in [0.4, 0.5) is 0 Å². The van der Waals surface area contributed by atoms with E-state index in [-0.39, 0.29) is 10.3 Å². The summed E-state index contributed by atoms with van der Waals surface area (Å²) in [7, 11) is -3.60. The Morgan fingerprint density at radius 2 is 1.76 bits per heavy atom. The van der Waals surface area contributed by atoms with Crippen LogP contribution in [0.25, 0.3) is 0 Å². The number of alkyl halides is 1. The molecular weight excluding hydrogens is 258 g/mol. The zero-order valence-electron chi connectivity index (χ0n) is 10.1. The molecule has 0 heterocycles. The number of nitrogens with two attached hydrogens (primary N) is 1. The summed E-state index contributed by atoms with van der Waals surface area (Å²) in [6, 6.07) is 6.55. The Balaban J connectivity index is 2.69. The van der Waals surface area contributed by atoms with Gasteiger partial charge in [0.15, 0.2) is 0 Å². The van der Waals surface area contributed by atoms with Gasteiger partial charge in [0.05, 0.1) is 4.90 Å². The summed E-state index contributed by atoms with van der Waals surface area (Å²) in [5.74, 6) is 0.557. The highest BCUT2D eigenvalue weighted by atomic mass is 35.5. The third kappa shape index (κ3) is 5.06. The molecule has 17 heavy (non-hydrogen) atoms. The van der Waals surface area contributed by atoms with Crippen molar-refractivity contribution >= 4 is 21.6 Å². The third-order valence-electron chi connectivity index (χ3n) is 2.44. The normalized spacial score (nSPS) is 13.9. The lowest BCUT2D eigenvalue weighted by molar-refractivity contribution is 0.561. The molecule has 0 fully saturated rings. The first-order chi connectivity index (χ1) is 7.79. The van der Waals surface area contributed by atoms with Gasteiger partial charge in [0, 0.05) is 5.38 Å². The molecule has 0 aliphatic rings. The highest BCUT2D eigenvalue weighted by Gasteiger charge is 2.10. The molecule has 1 rings (SSSR count). The topological polar surface area (TPSA) is 60.2 Å². The predicted molar refractivity (Wildman–Crippen MR) is 70.6 cm³/mol. The van der Waals surface area contributed by atoms with E-state index in [0.29, 0.717) is 5.92 Å². The molecule has 0 saturated heterocycles. The molecule has 0 bridgehead atoms. The first kappa shape index (κ1) is 14.5. The molecule has 0 aliphatic heterocycles. The molecule has 0 radical (unpaired) electrons. The maximum Gasteiger partial charge on any atom is 0.238 e. The summed E-state index contributed by atoms with van der Waals surface area (Å²) < 4.78 is 22.1. The Morgan fingerprint density at radius 1 is 1.24 bits per heavy atom. The number of halogens is 1. The van der Waals surface area contributed by atoms with Crippen molar-refractivity contribution in [3.63, 3.8) is 0 Å². The Kier molecular flexibility index (Phi) is 4.98. The first-order valence-electron chi connectivity index (χ1n) is 5.55. The number of rotatable bonds is 5. The minimum Gasteiger partial charge on any atom is -0.225 e. The van der Waals surface area contributed by atoms with E-state index >= 15 is 0 Å². The SMILES string of the molecule is CC(C)CC(Cl)Cc1ccc(S(N)(=O)=O)cc1. The molecule has 1 aromatic rings. The molecule has 0 aromatic heterocycles. The van der Waals surface area contributed by atoms with Gasteiger partial charge in [0.25, 0.3) is 0 Å². The van der Waals surface area contributed by atoms with E-state index in [4.69, 9.17) is 16.7 Å². The van der Waals surface area contributed by atoms with Crippen molar-refractivity contribution in [1.82, 2.24) is 0 Å². The molecule has 3 nitrogen and oxygen atoms in total. The van der Waals surface area contributed by atoms with Crippen LogP contribution >= 0.6 is 11.6 Å². The number of benzene rings is 1. The fraction of sp³-hybridized carbons (Fsp3) is 0.500. The van der Waals surface area contributed by atoms with Gasteiger partial charge in [-0.1, -0.05) is 26.0 Å². The van der Waals surface area contributed by atoms with Crippen molar-refractivity contribution < 1.29 is 8.42 Å². The smallest absolute Gasteiger partial charge is 0.225 e. The third-order valence-corrected chi connectivity index (χ3v) is 3.70. The highest BCUT2D eigenvalue weighted by Crippen LogP contribution is 2.17. The second-order valence-electron chi connectivity index (χ2n) is 4.62. The van der Waals surface area contributed by atoms with Crippen LogP contribution in [-0.4, -0.2) is 13.8 Å². The molecule has 0 spiro atoms. The van der Waals surface area contributed by atoms with Crippen LogP contribution in [0.1, 0.15) is 25.8 Å². The molecule has 1 aromatic carbocycles. The number of hydrogen-bond donors (Lipinski definition) is 1. The lowest BCUT2D eigenvalue weighted by atomic mass is 10.0. The van der Waals surface area contributed by atoms with Crippen LogP contribution in [0.5, 0.6) is 0 Å². The molecule has 2 N–H and O–H groups in total. The summed E-state index contributed by atoms with van der Waals surface area (Å²) in [5, 5.41) is 5.10. The van der Waals surface area contributed by atoms with Gasteiger partial charge >= 0.3 is 0 Å². The van der Waals surface area contributed by atoms with Gasteiger partial charge in [-0.2, -0.15) is 0 Å². The Hall–Kier alpha value is -0.580. The van der Waals surface area contributed by atoms with Gasteiger partial charge in [-0.15, -0.1) is 11.6 Å². The standard InChI is InChI=1S/C12H18ClNO2S/c1-9(2)7-11(13)8-10-3-5-12(6-4-10)17(14,15)16/h3-6,9,11H,7-8H2,1-2H3,(H2,14,15,16). The minimum absolute atomic E-state index is 0.0790. The van der Waals surface area contributed by atoms with Gasteiger partial charge in [-0.05, 0) is 36.5 Å². The molecule has 1 unspecified atom stereocenters. The Labute approximate surface area is 108 Å². The number of primary sulfonamides is 1. The monoisotopic (exact) mass is 275 g/mol.